The number of esters is 1. The van der Waals surface area contributed by atoms with Crippen molar-refractivity contribution in [1.29, 1.82) is 0 Å². The van der Waals surface area contributed by atoms with Crippen molar-refractivity contribution in [2.45, 2.75) is 83.4 Å². The first kappa shape index (κ1) is 23.8. The van der Waals surface area contributed by atoms with Gasteiger partial charge in [-0.1, -0.05) is 17.7 Å². The molecule has 0 aliphatic carbocycles. The van der Waals surface area contributed by atoms with Crippen molar-refractivity contribution in [2.24, 2.45) is 0 Å². The van der Waals surface area contributed by atoms with E-state index in [9.17, 15) is 9.90 Å². The fourth-order valence-electron chi connectivity index (χ4n) is 3.55. The van der Waals surface area contributed by atoms with E-state index in [0.717, 1.165) is 44.3 Å². The molecule has 2 aliphatic rings. The zero-order valence-corrected chi connectivity index (χ0v) is 18.2. The molecule has 0 aromatic rings. The standard InChI is InChI=1S/C23H36O6/c1-17-8-7-12-23(3,25)20(10-11-21(24)26-4)29-19(14-17)15-18(2)16-28-22-9-5-6-13-27-22/h8,10-11,15,19-20,22,25H,5-7,9,12-14,16H2,1-4H3/b11-10+,17-8-,18-15+/t19-,20-,22?,23-/m1/s1. The van der Waals surface area contributed by atoms with Crippen molar-refractivity contribution < 1.29 is 28.8 Å². The zero-order chi connectivity index (χ0) is 21.3. The number of carbonyl (C=O) groups is 1. The highest BCUT2D eigenvalue weighted by Crippen LogP contribution is 2.28. The molecule has 1 fully saturated rings. The van der Waals surface area contributed by atoms with Crippen LogP contribution in [0.2, 0.25) is 0 Å². The second-order valence-electron chi connectivity index (χ2n) is 8.25. The second kappa shape index (κ2) is 11.6. The number of aliphatic hydroxyl groups is 1. The van der Waals surface area contributed by atoms with Gasteiger partial charge in [0.25, 0.3) is 0 Å². The SMILES string of the molecule is COC(=O)/C=C/[C@H]1O[C@@H](/C=C(\C)COC2CCCCO2)C/C(C)=C\CC[C@@]1(C)O. The molecule has 1 N–H and O–H groups in total. The van der Waals surface area contributed by atoms with Crippen LogP contribution in [-0.4, -0.2) is 55.5 Å². The van der Waals surface area contributed by atoms with Gasteiger partial charge < -0.3 is 24.1 Å². The predicted molar refractivity (Wildman–Crippen MR) is 111 cm³/mol. The van der Waals surface area contributed by atoms with Crippen LogP contribution < -0.4 is 0 Å². The van der Waals surface area contributed by atoms with E-state index in [-0.39, 0.29) is 12.4 Å². The quantitative estimate of drug-likeness (QED) is 0.409. The van der Waals surface area contributed by atoms with Crippen molar-refractivity contribution >= 4 is 5.97 Å². The monoisotopic (exact) mass is 408 g/mol. The Balaban J connectivity index is 2.10. The lowest BCUT2D eigenvalue weighted by atomic mass is 9.92. The van der Waals surface area contributed by atoms with Gasteiger partial charge in [-0.3, -0.25) is 0 Å². The minimum absolute atomic E-state index is 0.133. The number of ether oxygens (including phenoxy) is 4. The van der Waals surface area contributed by atoms with Crippen molar-refractivity contribution in [3.8, 4) is 0 Å². The summed E-state index contributed by atoms with van der Waals surface area (Å²) in [5.41, 5.74) is 1.16. The van der Waals surface area contributed by atoms with Gasteiger partial charge in [-0.2, -0.15) is 0 Å². The number of hydrogen-bond donors (Lipinski definition) is 1. The van der Waals surface area contributed by atoms with Crippen LogP contribution in [0.25, 0.3) is 0 Å². The smallest absolute Gasteiger partial charge is 0.330 e. The summed E-state index contributed by atoms with van der Waals surface area (Å²) < 4.78 is 22.4. The van der Waals surface area contributed by atoms with E-state index in [0.29, 0.717) is 13.0 Å². The van der Waals surface area contributed by atoms with E-state index in [4.69, 9.17) is 14.2 Å². The minimum atomic E-state index is -1.10. The molecular weight excluding hydrogens is 372 g/mol. The Morgan fingerprint density at radius 2 is 2.21 bits per heavy atom. The lowest BCUT2D eigenvalue weighted by Crippen LogP contribution is -2.41. The van der Waals surface area contributed by atoms with Crippen LogP contribution in [0, 0.1) is 0 Å². The van der Waals surface area contributed by atoms with Crippen molar-refractivity contribution in [3.63, 3.8) is 0 Å². The highest BCUT2D eigenvalue weighted by atomic mass is 16.7. The summed E-state index contributed by atoms with van der Waals surface area (Å²) in [4.78, 5) is 11.5. The summed E-state index contributed by atoms with van der Waals surface area (Å²) >= 11 is 0. The number of rotatable bonds is 6. The lowest BCUT2D eigenvalue weighted by Gasteiger charge is -2.32. The van der Waals surface area contributed by atoms with Crippen molar-refractivity contribution in [3.05, 3.63) is 35.5 Å². The molecular formula is C23H36O6. The molecule has 0 aromatic carbocycles. The van der Waals surface area contributed by atoms with Crippen LogP contribution in [-0.2, 0) is 23.7 Å². The van der Waals surface area contributed by atoms with Gasteiger partial charge in [-0.05, 0) is 70.9 Å². The molecule has 2 aliphatic heterocycles. The molecule has 1 unspecified atom stereocenters. The Morgan fingerprint density at radius 1 is 1.41 bits per heavy atom. The number of carbonyl (C=O) groups excluding carboxylic acids is 1. The molecule has 0 bridgehead atoms. The first-order valence-electron chi connectivity index (χ1n) is 10.5. The van der Waals surface area contributed by atoms with Crippen molar-refractivity contribution in [1.82, 2.24) is 0 Å². The fraction of sp³-hybridized carbons (Fsp3) is 0.696. The summed E-state index contributed by atoms with van der Waals surface area (Å²) in [6.07, 6.45) is 11.3. The van der Waals surface area contributed by atoms with Gasteiger partial charge in [0, 0.05) is 12.7 Å². The Kier molecular flexibility index (Phi) is 9.56. The average Bonchev–Trinajstić information content (AvgIpc) is 2.73. The molecule has 0 aromatic heterocycles. The molecule has 0 saturated carbocycles. The molecule has 1 saturated heterocycles. The molecule has 164 valence electrons. The number of methoxy groups -OCH3 is 1. The van der Waals surface area contributed by atoms with E-state index in [1.807, 2.05) is 13.0 Å². The number of hydrogen-bond acceptors (Lipinski definition) is 6. The second-order valence-corrected chi connectivity index (χ2v) is 8.25. The van der Waals surface area contributed by atoms with Gasteiger partial charge in [0.2, 0.25) is 0 Å². The van der Waals surface area contributed by atoms with E-state index < -0.39 is 17.7 Å². The lowest BCUT2D eigenvalue weighted by molar-refractivity contribution is -0.157. The van der Waals surface area contributed by atoms with Crippen LogP contribution in [0.15, 0.2) is 35.5 Å². The molecule has 2 rings (SSSR count). The molecule has 0 spiro atoms. The molecule has 0 radical (unpaired) electrons. The Labute approximate surface area is 174 Å². The third-order valence-corrected chi connectivity index (χ3v) is 5.31. The minimum Gasteiger partial charge on any atom is -0.466 e. The molecule has 29 heavy (non-hydrogen) atoms. The van der Waals surface area contributed by atoms with Gasteiger partial charge in [0.15, 0.2) is 6.29 Å². The maximum Gasteiger partial charge on any atom is 0.330 e. The normalized spacial score (nSPS) is 34.0. The average molecular weight is 409 g/mol. The van der Waals surface area contributed by atoms with Gasteiger partial charge in [0.05, 0.1) is 25.4 Å². The largest absolute Gasteiger partial charge is 0.466 e. The van der Waals surface area contributed by atoms with E-state index in [1.165, 1.54) is 18.8 Å². The van der Waals surface area contributed by atoms with Gasteiger partial charge >= 0.3 is 5.97 Å². The van der Waals surface area contributed by atoms with Crippen molar-refractivity contribution in [2.75, 3.05) is 20.3 Å². The van der Waals surface area contributed by atoms with Crippen LogP contribution >= 0.6 is 0 Å². The summed E-state index contributed by atoms with van der Waals surface area (Å²) in [6.45, 7) is 7.06. The van der Waals surface area contributed by atoms with Crippen LogP contribution in [0.3, 0.4) is 0 Å². The maximum absolute atomic E-state index is 11.5. The molecule has 6 nitrogen and oxygen atoms in total. The topological polar surface area (TPSA) is 74.2 Å². The first-order chi connectivity index (χ1) is 13.8. The van der Waals surface area contributed by atoms with Gasteiger partial charge in [-0.15, -0.1) is 0 Å². The Morgan fingerprint density at radius 3 is 2.90 bits per heavy atom. The van der Waals surface area contributed by atoms with E-state index >= 15 is 0 Å². The van der Waals surface area contributed by atoms with E-state index in [2.05, 4.69) is 17.7 Å². The first-order valence-corrected chi connectivity index (χ1v) is 10.5. The Hall–Kier alpha value is -1.47. The zero-order valence-electron chi connectivity index (χ0n) is 18.2. The van der Waals surface area contributed by atoms with Crippen LogP contribution in [0.5, 0.6) is 0 Å². The number of allylic oxidation sites excluding steroid dienone is 1. The summed E-state index contributed by atoms with van der Waals surface area (Å²) in [7, 11) is 1.33. The molecule has 0 amide bonds. The fourth-order valence-corrected chi connectivity index (χ4v) is 3.55. The summed E-state index contributed by atoms with van der Waals surface area (Å²) in [5, 5.41) is 10.9. The molecule has 6 heteroatoms. The van der Waals surface area contributed by atoms with E-state index in [1.54, 1.807) is 13.0 Å². The summed E-state index contributed by atoms with van der Waals surface area (Å²) in [6, 6.07) is 0. The highest BCUT2D eigenvalue weighted by molar-refractivity contribution is 5.81. The van der Waals surface area contributed by atoms with Crippen LogP contribution in [0.4, 0.5) is 0 Å². The molecule has 4 atom stereocenters. The molecule has 2 heterocycles. The third-order valence-electron chi connectivity index (χ3n) is 5.31. The maximum atomic E-state index is 11.5. The predicted octanol–water partition coefficient (Wildman–Crippen LogP) is 3.84. The Bertz CT molecular complexity index is 613. The third kappa shape index (κ3) is 8.42. The highest BCUT2D eigenvalue weighted by Gasteiger charge is 2.33. The summed E-state index contributed by atoms with van der Waals surface area (Å²) in [5.74, 6) is -0.470. The van der Waals surface area contributed by atoms with Crippen LogP contribution in [0.1, 0.15) is 59.3 Å². The van der Waals surface area contributed by atoms with Gasteiger partial charge in [-0.25, -0.2) is 4.79 Å². The van der Waals surface area contributed by atoms with Gasteiger partial charge in [0.1, 0.15) is 6.10 Å².